The lowest BCUT2D eigenvalue weighted by Crippen LogP contribution is -2.52. The summed E-state index contributed by atoms with van der Waals surface area (Å²) < 4.78 is 27.6. The number of pyridine rings is 1. The summed E-state index contributed by atoms with van der Waals surface area (Å²) in [4.78, 5) is 34.9. The predicted octanol–water partition coefficient (Wildman–Crippen LogP) is 3.94. The van der Waals surface area contributed by atoms with Crippen molar-refractivity contribution >= 4 is 17.5 Å². The van der Waals surface area contributed by atoms with Crippen LogP contribution < -0.4 is 10.2 Å². The summed E-state index contributed by atoms with van der Waals surface area (Å²) in [5.41, 5.74) is 1.39. The lowest BCUT2D eigenvalue weighted by molar-refractivity contribution is -0.129. The minimum absolute atomic E-state index is 0.0207. The summed E-state index contributed by atoms with van der Waals surface area (Å²) >= 11 is 0. The Morgan fingerprint density at radius 3 is 2.41 bits per heavy atom. The Morgan fingerprint density at radius 2 is 1.83 bits per heavy atom. The molecule has 1 aromatic carbocycles. The number of benzene rings is 1. The van der Waals surface area contributed by atoms with Gasteiger partial charge in [0.2, 0.25) is 11.8 Å². The summed E-state index contributed by atoms with van der Waals surface area (Å²) in [5, 5.41) is 32.7. The summed E-state index contributed by atoms with van der Waals surface area (Å²) in [6, 6.07) is 7.58. The first-order valence-electron chi connectivity index (χ1n) is 13.6. The number of halogens is 2. The zero-order valence-electron chi connectivity index (χ0n) is 23.3. The minimum Gasteiger partial charge on any atom is -0.391 e. The maximum Gasteiger partial charge on any atom is 0.251 e. The molecule has 9 nitrogen and oxygen atoms in total. The highest BCUT2D eigenvalue weighted by molar-refractivity contribution is 6.04. The zero-order chi connectivity index (χ0) is 29.9. The molecule has 0 bridgehead atoms. The Morgan fingerprint density at radius 1 is 1.17 bits per heavy atom. The topological polar surface area (TPSA) is 133 Å². The number of carbonyl (C=O) groups is 2. The van der Waals surface area contributed by atoms with Crippen molar-refractivity contribution in [2.45, 2.75) is 88.4 Å². The number of nitrogens with one attached hydrogen (secondary N) is 1. The van der Waals surface area contributed by atoms with Crippen molar-refractivity contribution in [2.24, 2.45) is 0 Å². The lowest BCUT2D eigenvalue weighted by atomic mass is 9.87. The van der Waals surface area contributed by atoms with Crippen molar-refractivity contribution in [2.75, 3.05) is 11.4 Å². The molecule has 0 spiro atoms. The molecule has 4 rings (SSSR count). The van der Waals surface area contributed by atoms with Gasteiger partial charge in [-0.3, -0.25) is 24.4 Å². The molecule has 1 saturated carbocycles. The number of rotatable bonds is 6. The van der Waals surface area contributed by atoms with Gasteiger partial charge >= 0.3 is 0 Å². The van der Waals surface area contributed by atoms with Gasteiger partial charge in [0.25, 0.3) is 5.91 Å². The number of nitrogens with zero attached hydrogens (tertiary/aromatic N) is 5. The van der Waals surface area contributed by atoms with Crippen LogP contribution in [0.1, 0.15) is 75.6 Å². The number of amides is 2. The van der Waals surface area contributed by atoms with Crippen molar-refractivity contribution < 1.29 is 23.5 Å². The maximum absolute atomic E-state index is 14.3. The molecule has 2 N–H and O–H groups in total. The number of carbonyl (C=O) groups excluding carboxylic acids is 2. The van der Waals surface area contributed by atoms with Crippen molar-refractivity contribution in [3.63, 3.8) is 0 Å². The fourth-order valence-corrected chi connectivity index (χ4v) is 5.43. The largest absolute Gasteiger partial charge is 0.391 e. The van der Waals surface area contributed by atoms with Crippen molar-refractivity contribution in [1.29, 1.82) is 10.5 Å². The number of aliphatic hydroxyl groups excluding tert-OH is 1. The van der Waals surface area contributed by atoms with Crippen LogP contribution in [0.5, 0.6) is 0 Å². The molecule has 41 heavy (non-hydrogen) atoms. The highest BCUT2D eigenvalue weighted by Crippen LogP contribution is 2.36. The van der Waals surface area contributed by atoms with Gasteiger partial charge in [-0.05, 0) is 42.0 Å². The standard InChI is InChI=1S/C30H34F2N6O3/c1-29(2,3)20-4-6-22(7-5-20)38(28(41)25-14-23(39)17-37(25)18-34)26(24-16-35-13-10-19(24)15-33)27(40)36-21-8-11-30(31,32)12-9-21/h4-7,10,13,16,21,23,25-26,39H,8-9,11-12,14,17H2,1-3H3,(H,36,40). The highest BCUT2D eigenvalue weighted by atomic mass is 19.3. The third-order valence-electron chi connectivity index (χ3n) is 7.78. The third kappa shape index (κ3) is 6.63. The molecule has 2 heterocycles. The number of alkyl halides is 2. The Hall–Kier alpha value is -4.09. The molecule has 0 radical (unpaired) electrons. The molecular weight excluding hydrogens is 530 g/mol. The molecule has 3 atom stereocenters. The van der Waals surface area contributed by atoms with Crippen LogP contribution in [-0.4, -0.2) is 57.5 Å². The fraction of sp³-hybridized carbons (Fsp3) is 0.500. The fourth-order valence-electron chi connectivity index (χ4n) is 5.43. The molecule has 1 aliphatic heterocycles. The number of hydrogen-bond acceptors (Lipinski definition) is 7. The van der Waals surface area contributed by atoms with Gasteiger partial charge in [-0.1, -0.05) is 32.9 Å². The molecule has 2 aromatic rings. The molecule has 1 saturated heterocycles. The van der Waals surface area contributed by atoms with E-state index < -0.39 is 42.0 Å². The molecular formula is C30H34F2N6O3. The molecule has 2 amide bonds. The van der Waals surface area contributed by atoms with Crippen LogP contribution in [0, 0.1) is 22.8 Å². The van der Waals surface area contributed by atoms with Crippen LogP contribution >= 0.6 is 0 Å². The van der Waals surface area contributed by atoms with E-state index in [-0.39, 0.29) is 55.2 Å². The van der Waals surface area contributed by atoms with Crippen LogP contribution in [0.15, 0.2) is 42.7 Å². The normalized spacial score (nSPS) is 21.4. The van der Waals surface area contributed by atoms with Crippen LogP contribution in [0.3, 0.4) is 0 Å². The zero-order valence-corrected chi connectivity index (χ0v) is 23.3. The minimum atomic E-state index is -2.79. The number of likely N-dealkylation sites (tertiary alicyclic amines) is 1. The molecule has 3 unspecified atom stereocenters. The van der Waals surface area contributed by atoms with E-state index in [1.165, 1.54) is 28.3 Å². The number of nitriles is 2. The van der Waals surface area contributed by atoms with Gasteiger partial charge in [0.05, 0.1) is 24.3 Å². The summed E-state index contributed by atoms with van der Waals surface area (Å²) in [7, 11) is 0. The summed E-state index contributed by atoms with van der Waals surface area (Å²) in [6.45, 7) is 6.07. The monoisotopic (exact) mass is 564 g/mol. The van der Waals surface area contributed by atoms with Gasteiger partial charge in [0.1, 0.15) is 12.1 Å². The number of hydrogen-bond donors (Lipinski definition) is 2. The molecule has 11 heteroatoms. The number of aliphatic hydroxyl groups is 1. The molecule has 2 aliphatic rings. The van der Waals surface area contributed by atoms with E-state index in [2.05, 4.69) is 16.4 Å². The Bertz CT molecular complexity index is 1350. The van der Waals surface area contributed by atoms with Gasteiger partial charge in [-0.25, -0.2) is 8.78 Å². The average Bonchev–Trinajstić information content (AvgIpc) is 3.32. The van der Waals surface area contributed by atoms with E-state index in [1.54, 1.807) is 12.1 Å². The SMILES string of the molecule is CC(C)(C)c1ccc(N(C(=O)C2CC(O)CN2C#N)C(C(=O)NC2CCC(F)(F)CC2)c2cnccc2C#N)cc1. The van der Waals surface area contributed by atoms with Crippen molar-refractivity contribution in [1.82, 2.24) is 15.2 Å². The first-order valence-corrected chi connectivity index (χ1v) is 13.6. The Kier molecular flexibility index (Phi) is 8.60. The second-order valence-corrected chi connectivity index (χ2v) is 11.8. The van der Waals surface area contributed by atoms with E-state index >= 15 is 0 Å². The molecule has 1 aromatic heterocycles. The van der Waals surface area contributed by atoms with Crippen LogP contribution in [0.4, 0.5) is 14.5 Å². The number of β-amino-alcohol motifs (C(OH)–C–C–N with tert-alkyl or cyclic N) is 1. The summed E-state index contributed by atoms with van der Waals surface area (Å²) in [6.07, 6.45) is 3.15. The second-order valence-electron chi connectivity index (χ2n) is 11.8. The highest BCUT2D eigenvalue weighted by Gasteiger charge is 2.44. The van der Waals surface area contributed by atoms with Gasteiger partial charge in [-0.15, -0.1) is 0 Å². The van der Waals surface area contributed by atoms with E-state index in [0.29, 0.717) is 5.69 Å². The van der Waals surface area contributed by atoms with Crippen molar-refractivity contribution in [3.05, 3.63) is 59.4 Å². The second kappa shape index (κ2) is 11.8. The van der Waals surface area contributed by atoms with E-state index in [9.17, 15) is 34.0 Å². The average molecular weight is 565 g/mol. The van der Waals surface area contributed by atoms with Crippen LogP contribution in [-0.2, 0) is 15.0 Å². The maximum atomic E-state index is 14.3. The lowest BCUT2D eigenvalue weighted by Gasteiger charge is -2.36. The first-order chi connectivity index (χ1) is 19.3. The molecule has 1 aliphatic carbocycles. The molecule has 216 valence electrons. The van der Waals surface area contributed by atoms with E-state index in [1.807, 2.05) is 39.1 Å². The number of anilines is 1. The third-order valence-corrected chi connectivity index (χ3v) is 7.78. The van der Waals surface area contributed by atoms with Crippen molar-refractivity contribution in [3.8, 4) is 12.3 Å². The van der Waals surface area contributed by atoms with Gasteiger partial charge < -0.3 is 10.4 Å². The van der Waals surface area contributed by atoms with E-state index in [0.717, 1.165) is 5.56 Å². The summed E-state index contributed by atoms with van der Waals surface area (Å²) in [5.74, 6) is -4.06. The van der Waals surface area contributed by atoms with Gasteiger partial charge in [0.15, 0.2) is 6.19 Å². The van der Waals surface area contributed by atoms with Crippen LogP contribution in [0.2, 0.25) is 0 Å². The Balaban J connectivity index is 1.83. The first kappa shape index (κ1) is 29.9. The van der Waals surface area contributed by atoms with Crippen LogP contribution in [0.25, 0.3) is 0 Å². The quantitative estimate of drug-likeness (QED) is 0.508. The van der Waals surface area contributed by atoms with Gasteiger partial charge in [0, 0.05) is 48.9 Å². The Labute approximate surface area is 238 Å². The predicted molar refractivity (Wildman–Crippen MR) is 146 cm³/mol. The molecule has 2 fully saturated rings. The van der Waals surface area contributed by atoms with Gasteiger partial charge in [-0.2, -0.15) is 10.5 Å². The smallest absolute Gasteiger partial charge is 0.251 e. The van der Waals surface area contributed by atoms with E-state index in [4.69, 9.17) is 0 Å². The number of aromatic nitrogens is 1.